The maximum atomic E-state index is 12.4. The Hall–Kier alpha value is -3.75. The van der Waals surface area contributed by atoms with E-state index < -0.39 is 10.8 Å². The number of nitro groups is 1. The number of nitrogens with zero attached hydrogens (tertiary/aromatic N) is 2. The third kappa shape index (κ3) is 7.06. The molecule has 0 aliphatic heterocycles. The average molecular weight is 399 g/mol. The van der Waals surface area contributed by atoms with E-state index in [-0.39, 0.29) is 30.2 Å². The Bertz CT molecular complexity index is 880. The minimum atomic E-state index is -0.528. The number of non-ortho nitro benzene ring substituents is 1. The van der Waals surface area contributed by atoms with Crippen LogP contribution < -0.4 is 5.32 Å². The summed E-state index contributed by atoms with van der Waals surface area (Å²) in [6.07, 6.45) is 2.19. The largest absolute Gasteiger partial charge is 0.466 e. The van der Waals surface area contributed by atoms with Crippen molar-refractivity contribution in [1.29, 1.82) is 0 Å². The molecule has 0 heterocycles. The van der Waals surface area contributed by atoms with Crippen LogP contribution in [0.2, 0.25) is 0 Å². The van der Waals surface area contributed by atoms with Crippen LogP contribution in [0.1, 0.15) is 35.7 Å². The lowest BCUT2D eigenvalue weighted by Crippen LogP contribution is -2.13. The molecule has 0 aliphatic rings. The van der Waals surface area contributed by atoms with Crippen LogP contribution in [0.4, 0.5) is 11.4 Å². The lowest BCUT2D eigenvalue weighted by atomic mass is 10.1. The highest BCUT2D eigenvalue weighted by Crippen LogP contribution is 2.16. The molecule has 0 saturated carbocycles. The SMILES string of the molecule is CCOC(=O)CCCO/N=C/c1ccccc1NC(=O)c1ccc([N+](=O)[O-])cc1. The van der Waals surface area contributed by atoms with E-state index >= 15 is 0 Å². The first-order chi connectivity index (χ1) is 14.0. The minimum Gasteiger partial charge on any atom is -0.466 e. The van der Waals surface area contributed by atoms with E-state index in [1.165, 1.54) is 30.5 Å². The molecule has 0 saturated heterocycles. The number of hydrogen-bond acceptors (Lipinski definition) is 7. The molecule has 2 aromatic rings. The Balaban J connectivity index is 1.91. The molecule has 0 aliphatic carbocycles. The minimum absolute atomic E-state index is 0.0887. The third-order valence-electron chi connectivity index (χ3n) is 3.74. The van der Waals surface area contributed by atoms with Gasteiger partial charge in [0.15, 0.2) is 0 Å². The number of carbonyl (C=O) groups is 2. The van der Waals surface area contributed by atoms with Crippen LogP contribution in [0.3, 0.4) is 0 Å². The van der Waals surface area contributed by atoms with Crippen LogP contribution in [0.5, 0.6) is 0 Å². The quantitative estimate of drug-likeness (QED) is 0.214. The van der Waals surface area contributed by atoms with Crippen molar-refractivity contribution in [1.82, 2.24) is 0 Å². The Morgan fingerprint density at radius 2 is 1.90 bits per heavy atom. The zero-order chi connectivity index (χ0) is 21.1. The van der Waals surface area contributed by atoms with Gasteiger partial charge in [-0.15, -0.1) is 0 Å². The van der Waals surface area contributed by atoms with Gasteiger partial charge in [-0.2, -0.15) is 0 Å². The number of para-hydroxylation sites is 1. The van der Waals surface area contributed by atoms with E-state index in [0.29, 0.717) is 24.3 Å². The van der Waals surface area contributed by atoms with Crippen molar-refractivity contribution in [3.8, 4) is 0 Å². The third-order valence-corrected chi connectivity index (χ3v) is 3.74. The fraction of sp³-hybridized carbons (Fsp3) is 0.250. The lowest BCUT2D eigenvalue weighted by molar-refractivity contribution is -0.384. The number of rotatable bonds is 10. The van der Waals surface area contributed by atoms with Gasteiger partial charge in [0.1, 0.15) is 6.61 Å². The molecule has 152 valence electrons. The van der Waals surface area contributed by atoms with Gasteiger partial charge in [0.25, 0.3) is 11.6 Å². The first-order valence-electron chi connectivity index (χ1n) is 8.97. The van der Waals surface area contributed by atoms with Crippen molar-refractivity contribution in [2.24, 2.45) is 5.16 Å². The molecule has 0 radical (unpaired) electrons. The van der Waals surface area contributed by atoms with Gasteiger partial charge in [-0.3, -0.25) is 19.7 Å². The average Bonchev–Trinajstić information content (AvgIpc) is 2.72. The van der Waals surface area contributed by atoms with Crippen LogP contribution in [0, 0.1) is 10.1 Å². The number of carbonyl (C=O) groups excluding carboxylic acids is 2. The monoisotopic (exact) mass is 399 g/mol. The summed E-state index contributed by atoms with van der Waals surface area (Å²) < 4.78 is 4.82. The molecule has 9 nitrogen and oxygen atoms in total. The maximum absolute atomic E-state index is 12.4. The molecule has 0 fully saturated rings. The molecule has 0 unspecified atom stereocenters. The van der Waals surface area contributed by atoms with E-state index in [1.54, 1.807) is 31.2 Å². The molecular formula is C20H21N3O6. The number of benzene rings is 2. The fourth-order valence-electron chi connectivity index (χ4n) is 2.31. The van der Waals surface area contributed by atoms with Gasteiger partial charge in [0.2, 0.25) is 0 Å². The van der Waals surface area contributed by atoms with E-state index in [2.05, 4.69) is 10.5 Å². The van der Waals surface area contributed by atoms with E-state index in [1.807, 2.05) is 0 Å². The van der Waals surface area contributed by atoms with Crippen molar-refractivity contribution >= 4 is 29.5 Å². The van der Waals surface area contributed by atoms with Crippen LogP contribution in [0.15, 0.2) is 53.7 Å². The van der Waals surface area contributed by atoms with Crippen molar-refractivity contribution in [2.45, 2.75) is 19.8 Å². The Morgan fingerprint density at radius 3 is 2.59 bits per heavy atom. The highest BCUT2D eigenvalue weighted by atomic mass is 16.6. The van der Waals surface area contributed by atoms with E-state index in [9.17, 15) is 19.7 Å². The Morgan fingerprint density at radius 1 is 1.17 bits per heavy atom. The van der Waals surface area contributed by atoms with Crippen LogP contribution in [-0.2, 0) is 14.4 Å². The zero-order valence-electron chi connectivity index (χ0n) is 15.9. The summed E-state index contributed by atoms with van der Waals surface area (Å²) in [5.41, 5.74) is 1.33. The second-order valence-corrected chi connectivity index (χ2v) is 5.82. The summed E-state index contributed by atoms with van der Waals surface area (Å²) in [7, 11) is 0. The smallest absolute Gasteiger partial charge is 0.305 e. The van der Waals surface area contributed by atoms with Gasteiger partial charge in [0, 0.05) is 35.4 Å². The van der Waals surface area contributed by atoms with Crippen molar-refractivity contribution in [3.05, 3.63) is 69.8 Å². The number of nitrogens with one attached hydrogen (secondary N) is 1. The number of anilines is 1. The molecule has 1 amide bonds. The van der Waals surface area contributed by atoms with Crippen LogP contribution in [-0.4, -0.2) is 36.2 Å². The predicted molar refractivity (Wildman–Crippen MR) is 107 cm³/mol. The summed E-state index contributed by atoms with van der Waals surface area (Å²) >= 11 is 0. The van der Waals surface area contributed by atoms with Crippen molar-refractivity contribution in [3.63, 3.8) is 0 Å². The summed E-state index contributed by atoms with van der Waals surface area (Å²) in [6, 6.07) is 12.3. The van der Waals surface area contributed by atoms with Crippen molar-refractivity contribution in [2.75, 3.05) is 18.5 Å². The normalized spacial score (nSPS) is 10.5. The molecule has 0 atom stereocenters. The standard InChI is InChI=1S/C20H21N3O6/c1-2-28-19(24)8-5-13-29-21-14-16-6-3-4-7-18(16)22-20(25)15-9-11-17(12-10-15)23(26)27/h3-4,6-7,9-12,14H,2,5,8,13H2,1H3,(H,22,25)/b21-14+. The molecule has 29 heavy (non-hydrogen) atoms. The molecular weight excluding hydrogens is 378 g/mol. The Labute approximate surface area is 167 Å². The lowest BCUT2D eigenvalue weighted by Gasteiger charge is -2.08. The van der Waals surface area contributed by atoms with Crippen LogP contribution in [0.25, 0.3) is 0 Å². The van der Waals surface area contributed by atoms with Crippen molar-refractivity contribution < 1.29 is 24.1 Å². The van der Waals surface area contributed by atoms with Gasteiger partial charge in [0.05, 0.1) is 17.7 Å². The first kappa shape index (κ1) is 21.5. The van der Waals surface area contributed by atoms with Crippen LogP contribution >= 0.6 is 0 Å². The second-order valence-electron chi connectivity index (χ2n) is 5.82. The first-order valence-corrected chi connectivity index (χ1v) is 8.97. The molecule has 9 heteroatoms. The number of oxime groups is 1. The summed E-state index contributed by atoms with van der Waals surface area (Å²) in [4.78, 5) is 38.9. The summed E-state index contributed by atoms with van der Waals surface area (Å²) in [6.45, 7) is 2.35. The molecule has 0 aromatic heterocycles. The van der Waals surface area contributed by atoms with Gasteiger partial charge in [-0.1, -0.05) is 23.4 Å². The number of amides is 1. The number of nitro benzene ring substituents is 1. The molecule has 1 N–H and O–H groups in total. The number of hydrogen-bond donors (Lipinski definition) is 1. The molecule has 0 spiro atoms. The topological polar surface area (TPSA) is 120 Å². The number of ether oxygens (including phenoxy) is 1. The van der Waals surface area contributed by atoms with Gasteiger partial charge < -0.3 is 14.9 Å². The zero-order valence-corrected chi connectivity index (χ0v) is 15.9. The number of esters is 1. The van der Waals surface area contributed by atoms with E-state index in [0.717, 1.165) is 0 Å². The highest BCUT2D eigenvalue weighted by molar-refractivity contribution is 6.06. The predicted octanol–water partition coefficient (Wildman–Crippen LogP) is 3.54. The fourth-order valence-corrected chi connectivity index (χ4v) is 2.31. The van der Waals surface area contributed by atoms with Gasteiger partial charge in [-0.05, 0) is 31.5 Å². The maximum Gasteiger partial charge on any atom is 0.305 e. The molecule has 2 rings (SSSR count). The van der Waals surface area contributed by atoms with Gasteiger partial charge >= 0.3 is 5.97 Å². The molecule has 0 bridgehead atoms. The molecule has 2 aromatic carbocycles. The Kier molecular flexibility index (Phi) is 8.30. The van der Waals surface area contributed by atoms with E-state index in [4.69, 9.17) is 9.57 Å². The second kappa shape index (κ2) is 11.2. The van der Waals surface area contributed by atoms with Gasteiger partial charge in [-0.25, -0.2) is 0 Å². The summed E-state index contributed by atoms with van der Waals surface area (Å²) in [5.74, 6) is -0.685. The highest BCUT2D eigenvalue weighted by Gasteiger charge is 2.11. The summed E-state index contributed by atoms with van der Waals surface area (Å²) in [5, 5.41) is 17.3.